The minimum Gasteiger partial charge on any atom is -0.466 e. The molecule has 0 spiro atoms. The third kappa shape index (κ3) is 69.1. The van der Waals surface area contributed by atoms with Crippen molar-refractivity contribution in [3.8, 4) is 0 Å². The van der Waals surface area contributed by atoms with Gasteiger partial charge in [0.2, 0.25) is 5.91 Å². The number of aliphatic hydroxyl groups excluding tert-OH is 2. The van der Waals surface area contributed by atoms with Crippen molar-refractivity contribution in [2.45, 2.75) is 431 Å². The van der Waals surface area contributed by atoms with E-state index in [9.17, 15) is 19.8 Å². The highest BCUT2D eigenvalue weighted by atomic mass is 16.5. The van der Waals surface area contributed by atoms with Crippen LogP contribution in [0.25, 0.3) is 0 Å². The van der Waals surface area contributed by atoms with Crippen LogP contribution in [0.4, 0.5) is 0 Å². The summed E-state index contributed by atoms with van der Waals surface area (Å²) in [7, 11) is 0. The summed E-state index contributed by atoms with van der Waals surface area (Å²) >= 11 is 0. The largest absolute Gasteiger partial charge is 0.466 e. The molecule has 0 fully saturated rings. The van der Waals surface area contributed by atoms with Crippen molar-refractivity contribution < 1.29 is 24.5 Å². The van der Waals surface area contributed by atoms with Crippen LogP contribution in [0.15, 0.2) is 36.5 Å². The van der Waals surface area contributed by atoms with Gasteiger partial charge in [-0.1, -0.05) is 359 Å². The normalized spacial score (nSPS) is 12.7. The molecule has 0 radical (unpaired) electrons. The third-order valence-electron chi connectivity index (χ3n) is 17.7. The van der Waals surface area contributed by atoms with Gasteiger partial charge in [0, 0.05) is 12.8 Å². The number of nitrogens with one attached hydrogen (secondary N) is 1. The molecule has 0 aromatic rings. The van der Waals surface area contributed by atoms with Crippen LogP contribution in [0.5, 0.6) is 0 Å². The molecule has 0 bridgehead atoms. The number of aliphatic hydroxyl groups is 2. The average Bonchev–Trinajstić information content (AvgIpc) is 3.48. The van der Waals surface area contributed by atoms with E-state index in [-0.39, 0.29) is 18.5 Å². The number of ether oxygens (including phenoxy) is 1. The van der Waals surface area contributed by atoms with Crippen LogP contribution < -0.4 is 5.32 Å². The van der Waals surface area contributed by atoms with Gasteiger partial charge >= 0.3 is 5.97 Å². The van der Waals surface area contributed by atoms with Gasteiger partial charge < -0.3 is 20.3 Å². The lowest BCUT2D eigenvalue weighted by Gasteiger charge is -2.22. The van der Waals surface area contributed by atoms with Crippen molar-refractivity contribution in [2.24, 2.45) is 0 Å². The van der Waals surface area contributed by atoms with Gasteiger partial charge in [0.05, 0.1) is 25.4 Å². The maximum atomic E-state index is 12.6. The molecular weight excluding hydrogens is 1020 g/mol. The second-order valence-electron chi connectivity index (χ2n) is 26.0. The number of carbonyl (C=O) groups excluding carboxylic acids is 2. The first-order valence-electron chi connectivity index (χ1n) is 37.7. The first kappa shape index (κ1) is 81.1. The standard InChI is InChI=1S/C77H147NO5/c1-3-5-7-9-11-13-15-17-19-21-22-32-35-38-41-45-49-53-57-61-65-69-75(80)74(73-79)78-76(81)70-66-62-58-54-50-46-42-39-36-33-30-28-26-24-23-25-27-29-31-34-37-40-44-48-52-56-60-64-68-72-83-77(82)71-67-63-59-55-51-47-43-20-18-16-14-12-10-8-6-4-2/h20,23,25,29,31,43,74-75,79-80H,3-19,21-22,24,26-28,30,32-42,44-73H2,1-2H3,(H,78,81)/b25-23-,31-29-,43-20-. The number of unbranched alkanes of at least 4 members (excludes halogenated alkanes) is 54. The number of esters is 1. The molecule has 6 nitrogen and oxygen atoms in total. The number of hydrogen-bond donors (Lipinski definition) is 3. The molecule has 0 rings (SSSR count). The molecule has 2 unspecified atom stereocenters. The fourth-order valence-electron chi connectivity index (χ4n) is 11.9. The molecule has 3 N–H and O–H groups in total. The van der Waals surface area contributed by atoms with Gasteiger partial charge in [-0.2, -0.15) is 0 Å². The van der Waals surface area contributed by atoms with Crippen molar-refractivity contribution in [1.82, 2.24) is 5.32 Å². The fourth-order valence-corrected chi connectivity index (χ4v) is 11.9. The maximum Gasteiger partial charge on any atom is 0.305 e. The molecule has 490 valence electrons. The average molecular weight is 1170 g/mol. The Morgan fingerprint density at radius 3 is 0.928 bits per heavy atom. The Morgan fingerprint density at radius 1 is 0.337 bits per heavy atom. The van der Waals surface area contributed by atoms with E-state index in [2.05, 4.69) is 55.6 Å². The molecule has 0 aliphatic rings. The van der Waals surface area contributed by atoms with Gasteiger partial charge in [0.1, 0.15) is 0 Å². The fraction of sp³-hybridized carbons (Fsp3) is 0.896. The summed E-state index contributed by atoms with van der Waals surface area (Å²) in [6.07, 6.45) is 93.5. The van der Waals surface area contributed by atoms with E-state index in [0.29, 0.717) is 25.9 Å². The van der Waals surface area contributed by atoms with Crippen molar-refractivity contribution in [3.63, 3.8) is 0 Å². The Labute approximate surface area is 519 Å². The molecule has 6 heteroatoms. The van der Waals surface area contributed by atoms with Gasteiger partial charge in [-0.25, -0.2) is 0 Å². The number of allylic oxidation sites excluding steroid dienone is 6. The predicted octanol–water partition coefficient (Wildman–Crippen LogP) is 24.7. The Balaban J connectivity index is 3.40. The molecule has 0 aromatic carbocycles. The van der Waals surface area contributed by atoms with Crippen LogP contribution in [0.1, 0.15) is 418 Å². The molecule has 2 atom stereocenters. The highest BCUT2D eigenvalue weighted by Gasteiger charge is 2.20. The van der Waals surface area contributed by atoms with Crippen LogP contribution in [-0.2, 0) is 14.3 Å². The number of carbonyl (C=O) groups is 2. The SMILES string of the molecule is CCCCCCCCC/C=C\CCCCCCCC(=O)OCCCCCCCCCCC/C=C\C/C=C\CCCCCCCCCCCCCCCC(=O)NC(CO)C(O)CCCCCCCCCCCCCCCCCCCCCCC. The van der Waals surface area contributed by atoms with Crippen molar-refractivity contribution in [2.75, 3.05) is 13.2 Å². The Bertz CT molecular complexity index is 1340. The minimum atomic E-state index is -0.667. The van der Waals surface area contributed by atoms with Gasteiger partial charge in [-0.15, -0.1) is 0 Å². The van der Waals surface area contributed by atoms with E-state index in [0.717, 1.165) is 51.4 Å². The van der Waals surface area contributed by atoms with Gasteiger partial charge in [-0.05, 0) is 83.5 Å². The topological polar surface area (TPSA) is 95.9 Å². The Morgan fingerprint density at radius 2 is 0.602 bits per heavy atom. The Kier molecular flexibility index (Phi) is 70.9. The van der Waals surface area contributed by atoms with Gasteiger partial charge in [-0.3, -0.25) is 9.59 Å². The highest BCUT2D eigenvalue weighted by Crippen LogP contribution is 2.19. The van der Waals surface area contributed by atoms with E-state index in [1.165, 1.54) is 334 Å². The van der Waals surface area contributed by atoms with Crippen molar-refractivity contribution >= 4 is 11.9 Å². The molecule has 0 aromatic heterocycles. The second kappa shape index (κ2) is 72.6. The quantitative estimate of drug-likeness (QED) is 0.0320. The summed E-state index contributed by atoms with van der Waals surface area (Å²) in [4.78, 5) is 24.6. The highest BCUT2D eigenvalue weighted by molar-refractivity contribution is 5.76. The van der Waals surface area contributed by atoms with Crippen LogP contribution in [0.3, 0.4) is 0 Å². The zero-order chi connectivity index (χ0) is 59.9. The predicted molar refractivity (Wildman–Crippen MR) is 366 cm³/mol. The molecule has 0 aliphatic heterocycles. The zero-order valence-electron chi connectivity index (χ0n) is 56.2. The lowest BCUT2D eigenvalue weighted by Crippen LogP contribution is -2.45. The summed E-state index contributed by atoms with van der Waals surface area (Å²) < 4.78 is 5.49. The maximum absolute atomic E-state index is 12.6. The van der Waals surface area contributed by atoms with E-state index >= 15 is 0 Å². The molecular formula is C77H147NO5. The second-order valence-corrected chi connectivity index (χ2v) is 26.0. The molecule has 0 saturated carbocycles. The first-order chi connectivity index (χ1) is 41.0. The number of amides is 1. The summed E-state index contributed by atoms with van der Waals surface area (Å²) in [6.45, 7) is 4.98. The molecule has 83 heavy (non-hydrogen) atoms. The Hall–Kier alpha value is -1.92. The molecule has 0 aliphatic carbocycles. The number of rotatable bonds is 71. The van der Waals surface area contributed by atoms with Gasteiger partial charge in [0.25, 0.3) is 0 Å². The van der Waals surface area contributed by atoms with Gasteiger partial charge in [0.15, 0.2) is 0 Å². The zero-order valence-corrected chi connectivity index (χ0v) is 56.2. The molecule has 0 heterocycles. The van der Waals surface area contributed by atoms with Crippen LogP contribution in [-0.4, -0.2) is 47.4 Å². The summed E-state index contributed by atoms with van der Waals surface area (Å²) in [5, 5.41) is 23.4. The van der Waals surface area contributed by atoms with Crippen molar-refractivity contribution in [1.29, 1.82) is 0 Å². The summed E-state index contributed by atoms with van der Waals surface area (Å²) in [5.41, 5.74) is 0. The number of hydrogen-bond acceptors (Lipinski definition) is 5. The lowest BCUT2D eigenvalue weighted by atomic mass is 10.0. The van der Waals surface area contributed by atoms with E-state index in [4.69, 9.17) is 4.74 Å². The van der Waals surface area contributed by atoms with E-state index in [1.807, 2.05) is 0 Å². The lowest BCUT2D eigenvalue weighted by molar-refractivity contribution is -0.143. The minimum absolute atomic E-state index is 0.00532. The first-order valence-corrected chi connectivity index (χ1v) is 37.7. The van der Waals surface area contributed by atoms with E-state index in [1.54, 1.807) is 0 Å². The summed E-state index contributed by atoms with van der Waals surface area (Å²) in [6, 6.07) is -0.544. The van der Waals surface area contributed by atoms with Crippen LogP contribution in [0, 0.1) is 0 Å². The van der Waals surface area contributed by atoms with Crippen LogP contribution in [0.2, 0.25) is 0 Å². The van der Waals surface area contributed by atoms with E-state index < -0.39 is 12.1 Å². The van der Waals surface area contributed by atoms with Crippen molar-refractivity contribution in [3.05, 3.63) is 36.5 Å². The monoisotopic (exact) mass is 1170 g/mol. The molecule has 0 saturated heterocycles. The van der Waals surface area contributed by atoms with Crippen LogP contribution >= 0.6 is 0 Å². The molecule has 1 amide bonds. The smallest absolute Gasteiger partial charge is 0.305 e. The summed E-state index contributed by atoms with van der Waals surface area (Å²) in [5.74, 6) is -0.0263. The third-order valence-corrected chi connectivity index (χ3v) is 17.7.